The van der Waals surface area contributed by atoms with Gasteiger partial charge in [-0.25, -0.2) is 4.79 Å². The largest absolute Gasteiger partial charge is 0.458 e. The topological polar surface area (TPSA) is 49.8 Å². The first-order chi connectivity index (χ1) is 13.7. The fraction of sp³-hybridized carbons (Fsp3) is 0.400. The summed E-state index contributed by atoms with van der Waals surface area (Å²) in [5.74, 6) is -0.612. The highest BCUT2D eigenvalue weighted by molar-refractivity contribution is 5.76. The SMILES string of the molecule is C/C=C/C([C@@H](O)C(=O)OC(C)(C)C)N(Cc1ccccc1)[C@@H](C)c1ccccc1. The highest BCUT2D eigenvalue weighted by Gasteiger charge is 2.35. The second kappa shape index (κ2) is 10.4. The van der Waals surface area contributed by atoms with Crippen molar-refractivity contribution in [3.8, 4) is 0 Å². The summed E-state index contributed by atoms with van der Waals surface area (Å²) in [6, 6.07) is 19.7. The van der Waals surface area contributed by atoms with E-state index < -0.39 is 23.7 Å². The zero-order valence-corrected chi connectivity index (χ0v) is 18.1. The number of rotatable bonds is 8. The second-order valence-corrected chi connectivity index (χ2v) is 8.24. The van der Waals surface area contributed by atoms with Gasteiger partial charge in [0, 0.05) is 12.6 Å². The lowest BCUT2D eigenvalue weighted by molar-refractivity contribution is -0.168. The van der Waals surface area contributed by atoms with Gasteiger partial charge in [-0.1, -0.05) is 72.8 Å². The number of carbonyl (C=O) groups excluding carboxylic acids is 1. The first-order valence-electron chi connectivity index (χ1n) is 10.1. The van der Waals surface area contributed by atoms with E-state index >= 15 is 0 Å². The summed E-state index contributed by atoms with van der Waals surface area (Å²) in [4.78, 5) is 14.8. The van der Waals surface area contributed by atoms with Crippen LogP contribution in [-0.2, 0) is 16.1 Å². The molecule has 1 N–H and O–H groups in total. The molecule has 4 nitrogen and oxygen atoms in total. The average Bonchev–Trinajstić information content (AvgIpc) is 2.69. The lowest BCUT2D eigenvalue weighted by atomic mass is 10.00. The summed E-state index contributed by atoms with van der Waals surface area (Å²) >= 11 is 0. The van der Waals surface area contributed by atoms with Crippen LogP contribution in [0.25, 0.3) is 0 Å². The lowest BCUT2D eigenvalue weighted by Crippen LogP contribution is -2.48. The molecule has 0 fully saturated rings. The standard InChI is InChI=1S/C25H33NO3/c1-6-13-22(23(27)24(28)29-25(3,4)5)26(18-20-14-9-7-10-15-20)19(2)21-16-11-8-12-17-21/h6-17,19,22-23,27H,18H2,1-5H3/b13-6+/t19-,22?,23+/m0/s1. The summed E-state index contributed by atoms with van der Waals surface area (Å²) in [7, 11) is 0. The van der Waals surface area contributed by atoms with Gasteiger partial charge in [0.15, 0.2) is 6.10 Å². The zero-order valence-electron chi connectivity index (χ0n) is 18.1. The molecule has 0 heterocycles. The molecule has 0 radical (unpaired) electrons. The van der Waals surface area contributed by atoms with Crippen LogP contribution in [0.2, 0.25) is 0 Å². The maximum atomic E-state index is 12.7. The lowest BCUT2D eigenvalue weighted by Gasteiger charge is -2.37. The van der Waals surface area contributed by atoms with Crippen LogP contribution in [0.3, 0.4) is 0 Å². The Labute approximate surface area is 174 Å². The molecule has 2 aromatic carbocycles. The van der Waals surface area contributed by atoms with Crippen molar-refractivity contribution in [2.24, 2.45) is 0 Å². The fourth-order valence-electron chi connectivity index (χ4n) is 3.31. The predicted octanol–water partition coefficient (Wildman–Crippen LogP) is 4.90. The molecular weight excluding hydrogens is 362 g/mol. The second-order valence-electron chi connectivity index (χ2n) is 8.24. The smallest absolute Gasteiger partial charge is 0.337 e. The Morgan fingerprint density at radius 3 is 2.14 bits per heavy atom. The van der Waals surface area contributed by atoms with Gasteiger partial charge in [-0.3, -0.25) is 4.90 Å². The third kappa shape index (κ3) is 6.84. The van der Waals surface area contributed by atoms with Crippen LogP contribution >= 0.6 is 0 Å². The van der Waals surface area contributed by atoms with E-state index in [0.29, 0.717) is 6.54 Å². The number of ether oxygens (including phenoxy) is 1. The number of aliphatic hydroxyl groups is 1. The van der Waals surface area contributed by atoms with Crippen LogP contribution < -0.4 is 0 Å². The van der Waals surface area contributed by atoms with Crippen molar-refractivity contribution in [1.82, 2.24) is 4.90 Å². The molecule has 4 heteroatoms. The first-order valence-corrected chi connectivity index (χ1v) is 10.1. The maximum absolute atomic E-state index is 12.7. The minimum Gasteiger partial charge on any atom is -0.458 e. The molecule has 156 valence electrons. The molecule has 0 aliphatic carbocycles. The van der Waals surface area contributed by atoms with Gasteiger partial charge in [-0.05, 0) is 45.7 Å². The number of carbonyl (C=O) groups is 1. The van der Waals surface area contributed by atoms with E-state index in [1.165, 1.54) is 0 Å². The minimum atomic E-state index is -1.29. The Morgan fingerprint density at radius 2 is 1.62 bits per heavy atom. The Kier molecular flexibility index (Phi) is 8.18. The number of allylic oxidation sites excluding steroid dienone is 1. The summed E-state index contributed by atoms with van der Waals surface area (Å²) in [5.41, 5.74) is 1.57. The summed E-state index contributed by atoms with van der Waals surface area (Å²) in [6.07, 6.45) is 2.45. The molecule has 0 spiro atoms. The quantitative estimate of drug-likeness (QED) is 0.510. The molecule has 1 unspecified atom stereocenters. The van der Waals surface area contributed by atoms with Crippen LogP contribution in [0.15, 0.2) is 72.8 Å². The highest BCUT2D eigenvalue weighted by atomic mass is 16.6. The van der Waals surface area contributed by atoms with E-state index in [9.17, 15) is 9.90 Å². The van der Waals surface area contributed by atoms with Crippen molar-refractivity contribution in [3.63, 3.8) is 0 Å². The number of esters is 1. The molecule has 29 heavy (non-hydrogen) atoms. The number of nitrogens with zero attached hydrogens (tertiary/aromatic N) is 1. The van der Waals surface area contributed by atoms with E-state index in [0.717, 1.165) is 11.1 Å². The Morgan fingerprint density at radius 1 is 1.07 bits per heavy atom. The van der Waals surface area contributed by atoms with Gasteiger partial charge >= 0.3 is 5.97 Å². The van der Waals surface area contributed by atoms with E-state index in [2.05, 4.69) is 36.1 Å². The van der Waals surface area contributed by atoms with Crippen molar-refractivity contribution >= 4 is 5.97 Å². The van der Waals surface area contributed by atoms with E-state index in [4.69, 9.17) is 4.74 Å². The van der Waals surface area contributed by atoms with Crippen molar-refractivity contribution in [2.75, 3.05) is 0 Å². The van der Waals surface area contributed by atoms with E-state index in [-0.39, 0.29) is 6.04 Å². The molecule has 2 aromatic rings. The monoisotopic (exact) mass is 395 g/mol. The number of aliphatic hydroxyl groups excluding tert-OH is 1. The van der Waals surface area contributed by atoms with Crippen LogP contribution in [0, 0.1) is 0 Å². The molecule has 2 rings (SSSR count). The Bertz CT molecular complexity index is 781. The zero-order chi connectivity index (χ0) is 21.4. The molecule has 0 aromatic heterocycles. The van der Waals surface area contributed by atoms with Crippen LogP contribution in [0.1, 0.15) is 51.8 Å². The molecular formula is C25H33NO3. The number of hydrogen-bond donors (Lipinski definition) is 1. The fourth-order valence-corrected chi connectivity index (χ4v) is 3.31. The third-order valence-electron chi connectivity index (χ3n) is 4.73. The van der Waals surface area contributed by atoms with Gasteiger partial charge in [0.05, 0.1) is 6.04 Å². The summed E-state index contributed by atoms with van der Waals surface area (Å²) in [6.45, 7) is 9.98. The minimum absolute atomic E-state index is 0.0188. The average molecular weight is 396 g/mol. The van der Waals surface area contributed by atoms with E-state index in [1.54, 1.807) is 20.8 Å². The molecule has 0 amide bonds. The van der Waals surface area contributed by atoms with Gasteiger partial charge in [0.2, 0.25) is 0 Å². The third-order valence-corrected chi connectivity index (χ3v) is 4.73. The van der Waals surface area contributed by atoms with Crippen LogP contribution in [-0.4, -0.2) is 33.7 Å². The molecule has 0 bridgehead atoms. The Balaban J connectivity index is 2.40. The van der Waals surface area contributed by atoms with Gasteiger partial charge in [-0.2, -0.15) is 0 Å². The molecule has 3 atom stereocenters. The van der Waals surface area contributed by atoms with Crippen molar-refractivity contribution in [3.05, 3.63) is 83.9 Å². The molecule has 0 saturated heterocycles. The first kappa shape index (κ1) is 22.9. The van der Waals surface area contributed by atoms with Crippen molar-refractivity contribution < 1.29 is 14.6 Å². The summed E-state index contributed by atoms with van der Waals surface area (Å²) in [5, 5.41) is 10.9. The van der Waals surface area contributed by atoms with E-state index in [1.807, 2.05) is 55.5 Å². The Hall–Kier alpha value is -2.43. The van der Waals surface area contributed by atoms with Crippen molar-refractivity contribution in [1.29, 1.82) is 0 Å². The van der Waals surface area contributed by atoms with Crippen LogP contribution in [0.4, 0.5) is 0 Å². The normalized spacial score (nSPS) is 15.3. The maximum Gasteiger partial charge on any atom is 0.337 e. The molecule has 0 aliphatic rings. The van der Waals surface area contributed by atoms with Gasteiger partial charge in [0.1, 0.15) is 5.60 Å². The van der Waals surface area contributed by atoms with Gasteiger partial charge in [0.25, 0.3) is 0 Å². The number of hydrogen-bond acceptors (Lipinski definition) is 4. The highest BCUT2D eigenvalue weighted by Crippen LogP contribution is 2.27. The summed E-state index contributed by atoms with van der Waals surface area (Å²) < 4.78 is 5.46. The molecule has 0 saturated carbocycles. The number of benzene rings is 2. The molecule has 0 aliphatic heterocycles. The van der Waals surface area contributed by atoms with Crippen molar-refractivity contribution in [2.45, 2.75) is 65.0 Å². The predicted molar refractivity (Wildman–Crippen MR) is 117 cm³/mol. The van der Waals surface area contributed by atoms with Gasteiger partial charge in [-0.15, -0.1) is 0 Å². The van der Waals surface area contributed by atoms with Gasteiger partial charge < -0.3 is 9.84 Å². The van der Waals surface area contributed by atoms with Crippen LogP contribution in [0.5, 0.6) is 0 Å².